The lowest BCUT2D eigenvalue weighted by Gasteiger charge is -2.52. The molecule has 318 valence electrons. The topological polar surface area (TPSA) is 138 Å². The lowest BCUT2D eigenvalue weighted by molar-refractivity contribution is -0.383. The van der Waals surface area contributed by atoms with E-state index in [1.54, 1.807) is 6.08 Å². The highest BCUT2D eigenvalue weighted by Gasteiger charge is 2.56. The molecule has 3 saturated heterocycles. The highest BCUT2D eigenvalue weighted by atomic mass is 16.8. The van der Waals surface area contributed by atoms with Crippen molar-refractivity contribution in [3.8, 4) is 0 Å². The van der Waals surface area contributed by atoms with E-state index in [0.29, 0.717) is 0 Å². The van der Waals surface area contributed by atoms with Crippen molar-refractivity contribution in [3.63, 3.8) is 0 Å². The van der Waals surface area contributed by atoms with Crippen molar-refractivity contribution in [1.82, 2.24) is 5.32 Å². The van der Waals surface area contributed by atoms with Crippen LogP contribution in [0.1, 0.15) is 42.4 Å². The van der Waals surface area contributed by atoms with Gasteiger partial charge in [-0.2, -0.15) is 0 Å². The average molecular weight is 824 g/mol. The molecule has 0 radical (unpaired) electrons. The largest absolute Gasteiger partial charge is 0.463 e. The molecular formula is C47H53NO12. The van der Waals surface area contributed by atoms with Gasteiger partial charge in [0.15, 0.2) is 18.9 Å². The molecule has 60 heavy (non-hydrogen) atoms. The van der Waals surface area contributed by atoms with Crippen molar-refractivity contribution in [2.75, 3.05) is 19.8 Å². The van der Waals surface area contributed by atoms with E-state index in [9.17, 15) is 9.59 Å². The van der Waals surface area contributed by atoms with Gasteiger partial charge in [0.25, 0.3) is 0 Å². The van der Waals surface area contributed by atoms with Crippen LogP contribution in [0.25, 0.3) is 0 Å². The van der Waals surface area contributed by atoms with E-state index in [1.165, 1.54) is 13.8 Å². The maximum absolute atomic E-state index is 12.9. The maximum Gasteiger partial charge on any atom is 0.302 e. The Hall–Kier alpha value is -4.80. The molecule has 1 N–H and O–H groups in total. The van der Waals surface area contributed by atoms with Gasteiger partial charge in [-0.3, -0.25) is 9.59 Å². The molecule has 1 unspecified atom stereocenters. The zero-order chi connectivity index (χ0) is 41.7. The molecule has 0 spiro atoms. The first-order chi connectivity index (χ1) is 29.4. The highest BCUT2D eigenvalue weighted by Crippen LogP contribution is 2.39. The Bertz CT molecular complexity index is 1920. The minimum absolute atomic E-state index is 0.127. The second-order valence-electron chi connectivity index (χ2n) is 14.8. The average Bonchev–Trinajstić information content (AvgIpc) is 3.27. The molecule has 0 saturated carbocycles. The van der Waals surface area contributed by atoms with Crippen molar-refractivity contribution in [2.45, 2.75) is 101 Å². The summed E-state index contributed by atoms with van der Waals surface area (Å²) in [6.45, 7) is 7.21. The highest BCUT2D eigenvalue weighted by molar-refractivity contribution is 5.73. The van der Waals surface area contributed by atoms with E-state index in [-0.39, 0.29) is 45.5 Å². The monoisotopic (exact) mass is 823 g/mol. The summed E-state index contributed by atoms with van der Waals surface area (Å²) >= 11 is 0. The van der Waals surface area contributed by atoms with E-state index in [4.69, 9.17) is 47.4 Å². The first-order valence-electron chi connectivity index (χ1n) is 20.2. The third kappa shape index (κ3) is 11.5. The summed E-state index contributed by atoms with van der Waals surface area (Å²) in [6, 6.07) is 37.8. The first kappa shape index (κ1) is 43.3. The van der Waals surface area contributed by atoms with Crippen molar-refractivity contribution >= 4 is 11.9 Å². The second-order valence-corrected chi connectivity index (χ2v) is 14.8. The van der Waals surface area contributed by atoms with Gasteiger partial charge in [0.05, 0.1) is 33.0 Å². The first-order valence-corrected chi connectivity index (χ1v) is 20.2. The number of esters is 1. The van der Waals surface area contributed by atoms with Crippen molar-refractivity contribution < 1.29 is 57.0 Å². The number of ether oxygens (including phenoxy) is 10. The summed E-state index contributed by atoms with van der Waals surface area (Å²) < 4.78 is 65.4. The summed E-state index contributed by atoms with van der Waals surface area (Å²) in [4.78, 5) is 25.3. The van der Waals surface area contributed by atoms with Gasteiger partial charge in [-0.1, -0.05) is 127 Å². The smallest absolute Gasteiger partial charge is 0.302 e. The molecule has 11 atom stereocenters. The number of rotatable bonds is 18. The standard InChI is InChI=1S/C47H53NO12/c1-4-25-51-46-39(48-31(2)49)42(41-38(57-46)30-56-45(59-41)36-23-15-8-16-24-36)60-47-44(55-28-35-21-13-7-14-22-35)43(54-27-34-19-11-6-12-20-34)40(37(58-47)29-52-32(3)50)53-26-33-17-9-5-10-18-33/h4-24,37-47H,1,25-30H2,2-3H3,(H,48,49)/t37-,38-,39-,40-,41-,42-,43+,44-,45?,46+,47-/m1/s1. The summed E-state index contributed by atoms with van der Waals surface area (Å²) in [6.07, 6.45) is -7.29. The number of hydrogen-bond acceptors (Lipinski definition) is 12. The summed E-state index contributed by atoms with van der Waals surface area (Å²) in [7, 11) is 0. The van der Waals surface area contributed by atoms with Gasteiger partial charge in [0.1, 0.15) is 55.4 Å². The van der Waals surface area contributed by atoms with Crippen LogP contribution in [0.5, 0.6) is 0 Å². The number of nitrogens with one attached hydrogen (secondary N) is 1. The molecular weight excluding hydrogens is 771 g/mol. The molecule has 13 heteroatoms. The predicted octanol–water partition coefficient (Wildman–Crippen LogP) is 5.96. The Morgan fingerprint density at radius 3 is 1.77 bits per heavy atom. The van der Waals surface area contributed by atoms with Crippen molar-refractivity contribution in [3.05, 3.63) is 156 Å². The van der Waals surface area contributed by atoms with Crippen LogP contribution in [0.4, 0.5) is 0 Å². The molecule has 3 heterocycles. The summed E-state index contributed by atoms with van der Waals surface area (Å²) in [5, 5.41) is 3.01. The van der Waals surface area contributed by atoms with Crippen LogP contribution < -0.4 is 5.32 Å². The fraction of sp³-hybridized carbons (Fsp3) is 0.404. The normalized spacial score (nSPS) is 28.9. The lowest BCUT2D eigenvalue weighted by Crippen LogP contribution is -2.70. The van der Waals surface area contributed by atoms with E-state index < -0.39 is 73.6 Å². The van der Waals surface area contributed by atoms with E-state index >= 15 is 0 Å². The molecule has 0 aromatic heterocycles. The van der Waals surface area contributed by atoms with Gasteiger partial charge in [0.2, 0.25) is 5.91 Å². The molecule has 13 nitrogen and oxygen atoms in total. The van der Waals surface area contributed by atoms with Crippen LogP contribution in [0, 0.1) is 0 Å². The van der Waals surface area contributed by atoms with Crippen LogP contribution in [0.2, 0.25) is 0 Å². The summed E-state index contributed by atoms with van der Waals surface area (Å²) in [5.74, 6) is -0.841. The van der Waals surface area contributed by atoms with Crippen LogP contribution in [0.3, 0.4) is 0 Å². The van der Waals surface area contributed by atoms with Gasteiger partial charge in [0, 0.05) is 19.4 Å². The van der Waals surface area contributed by atoms with E-state index in [1.807, 2.05) is 121 Å². The number of amides is 1. The minimum atomic E-state index is -1.20. The number of hydrogen-bond donors (Lipinski definition) is 1. The zero-order valence-electron chi connectivity index (χ0n) is 33.8. The van der Waals surface area contributed by atoms with Gasteiger partial charge >= 0.3 is 5.97 Å². The predicted molar refractivity (Wildman–Crippen MR) is 218 cm³/mol. The van der Waals surface area contributed by atoms with Gasteiger partial charge in [-0.05, 0) is 16.7 Å². The van der Waals surface area contributed by atoms with Crippen LogP contribution in [-0.2, 0) is 76.8 Å². The quantitative estimate of drug-likeness (QED) is 0.0936. The fourth-order valence-corrected chi connectivity index (χ4v) is 7.55. The molecule has 0 aliphatic carbocycles. The van der Waals surface area contributed by atoms with Crippen LogP contribution in [-0.4, -0.2) is 93.0 Å². The third-order valence-electron chi connectivity index (χ3n) is 10.3. The van der Waals surface area contributed by atoms with Crippen molar-refractivity contribution in [2.24, 2.45) is 0 Å². The van der Waals surface area contributed by atoms with Crippen LogP contribution >= 0.6 is 0 Å². The lowest BCUT2D eigenvalue weighted by atomic mass is 9.94. The Morgan fingerprint density at radius 2 is 1.22 bits per heavy atom. The molecule has 4 aromatic carbocycles. The maximum atomic E-state index is 12.9. The number of benzene rings is 4. The van der Waals surface area contributed by atoms with Gasteiger partial charge in [-0.25, -0.2) is 0 Å². The SMILES string of the molecule is C=CCO[C@H]1O[C@@H]2COC(c3ccccc3)O[C@H]2[C@H](O[C@H]2O[C@H](COC(C)=O)[C@@H](OCc3ccccc3)[C@H](OCc3ccccc3)[C@H]2OCc2ccccc2)[C@H]1NC(C)=O. The number of fused-ring (bicyclic) bond motifs is 1. The molecule has 3 aliphatic heterocycles. The number of carbonyl (C=O) groups is 2. The Balaban J connectivity index is 1.29. The molecule has 4 aromatic rings. The minimum Gasteiger partial charge on any atom is -0.463 e. The Morgan fingerprint density at radius 1 is 0.667 bits per heavy atom. The number of carbonyl (C=O) groups excluding carboxylic acids is 2. The molecule has 3 fully saturated rings. The zero-order valence-corrected chi connectivity index (χ0v) is 33.8. The molecule has 1 amide bonds. The van der Waals surface area contributed by atoms with E-state index in [0.717, 1.165) is 22.3 Å². The van der Waals surface area contributed by atoms with Gasteiger partial charge < -0.3 is 52.7 Å². The molecule has 7 rings (SSSR count). The fourth-order valence-electron chi connectivity index (χ4n) is 7.55. The third-order valence-corrected chi connectivity index (χ3v) is 10.3. The van der Waals surface area contributed by atoms with Gasteiger partial charge in [-0.15, -0.1) is 6.58 Å². The van der Waals surface area contributed by atoms with Crippen molar-refractivity contribution in [1.29, 1.82) is 0 Å². The molecule has 3 aliphatic rings. The second kappa shape index (κ2) is 21.6. The summed E-state index contributed by atoms with van der Waals surface area (Å²) in [5.41, 5.74) is 3.54. The van der Waals surface area contributed by atoms with Crippen LogP contribution in [0.15, 0.2) is 134 Å². The Labute approximate surface area is 350 Å². The van der Waals surface area contributed by atoms with E-state index in [2.05, 4.69) is 11.9 Å². The molecule has 0 bridgehead atoms. The Kier molecular flexibility index (Phi) is 15.6.